The van der Waals surface area contributed by atoms with Crippen molar-refractivity contribution in [3.05, 3.63) is 29.8 Å². The SMILES string of the molecule is COCCCN(C)S(=O)(=O)c1ccc(CNC(C)C)cc1. The molecule has 0 unspecified atom stereocenters. The van der Waals surface area contributed by atoms with Crippen LogP contribution in [0.25, 0.3) is 0 Å². The Kier molecular flexibility index (Phi) is 7.31. The van der Waals surface area contributed by atoms with Gasteiger partial charge in [0, 0.05) is 39.9 Å². The van der Waals surface area contributed by atoms with Crippen LogP contribution in [0.15, 0.2) is 29.2 Å². The maximum Gasteiger partial charge on any atom is 0.242 e. The van der Waals surface area contributed by atoms with Gasteiger partial charge in [0.05, 0.1) is 4.90 Å². The van der Waals surface area contributed by atoms with E-state index in [-0.39, 0.29) is 0 Å². The number of rotatable bonds is 9. The van der Waals surface area contributed by atoms with Gasteiger partial charge >= 0.3 is 0 Å². The van der Waals surface area contributed by atoms with E-state index in [1.54, 1.807) is 26.3 Å². The van der Waals surface area contributed by atoms with Crippen LogP contribution >= 0.6 is 0 Å². The molecule has 5 nitrogen and oxygen atoms in total. The van der Waals surface area contributed by atoms with E-state index >= 15 is 0 Å². The van der Waals surface area contributed by atoms with Crippen LogP contribution in [0.1, 0.15) is 25.8 Å². The standard InChI is InChI=1S/C15H26N2O3S/c1-13(2)16-12-14-6-8-15(9-7-14)21(18,19)17(3)10-5-11-20-4/h6-9,13,16H,5,10-12H2,1-4H3. The maximum atomic E-state index is 12.4. The van der Waals surface area contributed by atoms with Gasteiger partial charge in [0.1, 0.15) is 0 Å². The van der Waals surface area contributed by atoms with Gasteiger partial charge in [-0.1, -0.05) is 26.0 Å². The van der Waals surface area contributed by atoms with Crippen LogP contribution in [0.5, 0.6) is 0 Å². The predicted octanol–water partition coefficient (Wildman–Crippen LogP) is 1.84. The summed E-state index contributed by atoms with van der Waals surface area (Å²) in [5.74, 6) is 0. The fraction of sp³-hybridized carbons (Fsp3) is 0.600. The summed E-state index contributed by atoms with van der Waals surface area (Å²) in [6.45, 7) is 5.90. The summed E-state index contributed by atoms with van der Waals surface area (Å²) < 4.78 is 31.1. The summed E-state index contributed by atoms with van der Waals surface area (Å²) in [6, 6.07) is 7.44. The first kappa shape index (κ1) is 18.1. The lowest BCUT2D eigenvalue weighted by Gasteiger charge is -2.17. The molecule has 0 amide bonds. The van der Waals surface area contributed by atoms with E-state index in [0.29, 0.717) is 30.5 Å². The minimum absolute atomic E-state index is 0.329. The average molecular weight is 314 g/mol. The molecule has 0 aliphatic heterocycles. The minimum atomic E-state index is -3.41. The molecule has 6 heteroatoms. The van der Waals surface area contributed by atoms with Gasteiger partial charge in [0.15, 0.2) is 0 Å². The molecule has 1 aromatic carbocycles. The molecule has 0 aliphatic rings. The highest BCUT2D eigenvalue weighted by molar-refractivity contribution is 7.89. The molecule has 0 heterocycles. The summed E-state index contributed by atoms with van der Waals surface area (Å²) in [7, 11) is -0.204. The largest absolute Gasteiger partial charge is 0.385 e. The average Bonchev–Trinajstić information content (AvgIpc) is 2.45. The van der Waals surface area contributed by atoms with Crippen molar-refractivity contribution in [2.45, 2.75) is 37.8 Å². The van der Waals surface area contributed by atoms with E-state index in [0.717, 1.165) is 12.1 Å². The Morgan fingerprint density at radius 3 is 2.38 bits per heavy atom. The number of hydrogen-bond donors (Lipinski definition) is 1. The monoisotopic (exact) mass is 314 g/mol. The topological polar surface area (TPSA) is 58.6 Å². The molecule has 0 aromatic heterocycles. The first-order valence-corrected chi connectivity index (χ1v) is 8.59. The van der Waals surface area contributed by atoms with E-state index in [9.17, 15) is 8.42 Å². The minimum Gasteiger partial charge on any atom is -0.385 e. The zero-order valence-electron chi connectivity index (χ0n) is 13.3. The van der Waals surface area contributed by atoms with Crippen molar-refractivity contribution in [2.24, 2.45) is 0 Å². The third-order valence-electron chi connectivity index (χ3n) is 3.17. The van der Waals surface area contributed by atoms with Gasteiger partial charge in [-0.05, 0) is 24.1 Å². The molecule has 0 fully saturated rings. The highest BCUT2D eigenvalue weighted by atomic mass is 32.2. The lowest BCUT2D eigenvalue weighted by Crippen LogP contribution is -2.28. The number of nitrogens with zero attached hydrogens (tertiary/aromatic N) is 1. The molecule has 0 saturated heterocycles. The van der Waals surface area contributed by atoms with Crippen molar-refractivity contribution >= 4 is 10.0 Å². The maximum absolute atomic E-state index is 12.4. The summed E-state index contributed by atoms with van der Waals surface area (Å²) >= 11 is 0. The third kappa shape index (κ3) is 5.74. The molecular formula is C15H26N2O3S. The quantitative estimate of drug-likeness (QED) is 0.707. The van der Waals surface area contributed by atoms with Crippen LogP contribution in [0, 0.1) is 0 Å². The van der Waals surface area contributed by atoms with Gasteiger partial charge in [-0.25, -0.2) is 12.7 Å². The number of hydrogen-bond acceptors (Lipinski definition) is 4. The van der Waals surface area contributed by atoms with Crippen LogP contribution in [0.2, 0.25) is 0 Å². The Balaban J connectivity index is 2.70. The molecule has 1 N–H and O–H groups in total. The van der Waals surface area contributed by atoms with Gasteiger partial charge in [-0.2, -0.15) is 0 Å². The molecule has 1 rings (SSSR count). The van der Waals surface area contributed by atoms with Crippen molar-refractivity contribution in [1.29, 1.82) is 0 Å². The van der Waals surface area contributed by atoms with Gasteiger partial charge in [-0.15, -0.1) is 0 Å². The molecule has 1 aromatic rings. The van der Waals surface area contributed by atoms with Crippen LogP contribution in [-0.4, -0.2) is 46.1 Å². The molecule has 21 heavy (non-hydrogen) atoms. The second kappa shape index (κ2) is 8.48. The van der Waals surface area contributed by atoms with Crippen LogP contribution in [-0.2, 0) is 21.3 Å². The molecule has 0 atom stereocenters. The summed E-state index contributed by atoms with van der Waals surface area (Å²) in [5, 5.41) is 3.30. The highest BCUT2D eigenvalue weighted by Crippen LogP contribution is 2.15. The normalized spacial score (nSPS) is 12.3. The van der Waals surface area contributed by atoms with Gasteiger partial charge in [-0.3, -0.25) is 0 Å². The van der Waals surface area contributed by atoms with E-state index in [2.05, 4.69) is 19.2 Å². The van der Waals surface area contributed by atoms with Crippen LogP contribution in [0.4, 0.5) is 0 Å². The van der Waals surface area contributed by atoms with Crippen molar-refractivity contribution in [2.75, 3.05) is 27.3 Å². The molecule has 0 saturated carbocycles. The summed E-state index contributed by atoms with van der Waals surface area (Å²) in [5.41, 5.74) is 1.07. The lowest BCUT2D eigenvalue weighted by atomic mass is 10.2. The van der Waals surface area contributed by atoms with Gasteiger partial charge in [0.25, 0.3) is 0 Å². The number of methoxy groups -OCH3 is 1. The van der Waals surface area contributed by atoms with E-state index < -0.39 is 10.0 Å². The smallest absolute Gasteiger partial charge is 0.242 e. The van der Waals surface area contributed by atoms with Gasteiger partial charge < -0.3 is 10.1 Å². The zero-order valence-corrected chi connectivity index (χ0v) is 14.1. The zero-order chi connectivity index (χ0) is 15.9. The molecule has 0 bridgehead atoms. The Morgan fingerprint density at radius 1 is 1.24 bits per heavy atom. The fourth-order valence-corrected chi connectivity index (χ4v) is 3.04. The molecule has 0 radical (unpaired) electrons. The Hall–Kier alpha value is -0.950. The number of ether oxygens (including phenoxy) is 1. The Bertz CT molecular complexity index is 512. The molecule has 0 spiro atoms. The van der Waals surface area contributed by atoms with Crippen molar-refractivity contribution < 1.29 is 13.2 Å². The van der Waals surface area contributed by atoms with Crippen molar-refractivity contribution in [1.82, 2.24) is 9.62 Å². The van der Waals surface area contributed by atoms with Crippen molar-refractivity contribution in [3.63, 3.8) is 0 Å². The first-order chi connectivity index (χ1) is 9.87. The molecule has 0 aliphatic carbocycles. The molecular weight excluding hydrogens is 288 g/mol. The predicted molar refractivity (Wildman–Crippen MR) is 84.7 cm³/mol. The fourth-order valence-electron chi connectivity index (χ4n) is 1.83. The highest BCUT2D eigenvalue weighted by Gasteiger charge is 2.19. The second-order valence-corrected chi connectivity index (χ2v) is 7.40. The molecule has 120 valence electrons. The summed E-state index contributed by atoms with van der Waals surface area (Å²) in [6.07, 6.45) is 0.683. The Morgan fingerprint density at radius 2 is 1.86 bits per heavy atom. The lowest BCUT2D eigenvalue weighted by molar-refractivity contribution is 0.189. The Labute approximate surface area is 128 Å². The number of nitrogens with one attached hydrogen (secondary N) is 1. The van der Waals surface area contributed by atoms with Crippen LogP contribution < -0.4 is 5.32 Å². The van der Waals surface area contributed by atoms with E-state index in [1.165, 1.54) is 4.31 Å². The van der Waals surface area contributed by atoms with Gasteiger partial charge in [0.2, 0.25) is 10.0 Å². The van der Waals surface area contributed by atoms with Crippen LogP contribution in [0.3, 0.4) is 0 Å². The van der Waals surface area contributed by atoms with E-state index in [4.69, 9.17) is 4.74 Å². The number of benzene rings is 1. The van der Waals surface area contributed by atoms with E-state index in [1.807, 2.05) is 12.1 Å². The third-order valence-corrected chi connectivity index (χ3v) is 5.04. The summed E-state index contributed by atoms with van der Waals surface area (Å²) in [4.78, 5) is 0.329. The number of sulfonamides is 1. The second-order valence-electron chi connectivity index (χ2n) is 5.35. The first-order valence-electron chi connectivity index (χ1n) is 7.15. The van der Waals surface area contributed by atoms with Crippen molar-refractivity contribution in [3.8, 4) is 0 Å².